The van der Waals surface area contributed by atoms with Crippen LogP contribution < -0.4 is 10.1 Å². The topological polar surface area (TPSA) is 41.6 Å². The van der Waals surface area contributed by atoms with E-state index in [1.165, 1.54) is 4.90 Å². The molecule has 1 heterocycles. The number of hydrogen-bond acceptors (Lipinski definition) is 3. The van der Waals surface area contributed by atoms with Gasteiger partial charge in [-0.05, 0) is 41.6 Å². The maximum atomic E-state index is 11.9. The first-order valence-corrected chi connectivity index (χ1v) is 7.62. The molecular formula is C18H16N2O2S. The van der Waals surface area contributed by atoms with Crippen molar-refractivity contribution in [1.29, 1.82) is 0 Å². The van der Waals surface area contributed by atoms with E-state index in [9.17, 15) is 4.79 Å². The Bertz CT molecular complexity index is 754. The predicted octanol–water partition coefficient (Wildman–Crippen LogP) is 2.95. The van der Waals surface area contributed by atoms with Crippen molar-refractivity contribution in [2.24, 2.45) is 0 Å². The summed E-state index contributed by atoms with van der Waals surface area (Å²) >= 11 is 5.05. The van der Waals surface area contributed by atoms with Gasteiger partial charge in [0.2, 0.25) is 0 Å². The van der Waals surface area contributed by atoms with Crippen LogP contribution in [-0.4, -0.2) is 23.0 Å². The van der Waals surface area contributed by atoms with Crippen LogP contribution in [0, 0.1) is 0 Å². The Morgan fingerprint density at radius 1 is 1.13 bits per heavy atom. The van der Waals surface area contributed by atoms with Crippen LogP contribution in [0.3, 0.4) is 0 Å². The van der Waals surface area contributed by atoms with Crippen LogP contribution >= 0.6 is 12.2 Å². The molecule has 0 aliphatic carbocycles. The number of amides is 1. The highest BCUT2D eigenvalue weighted by molar-refractivity contribution is 7.80. The molecule has 0 spiro atoms. The van der Waals surface area contributed by atoms with Crippen molar-refractivity contribution in [3.63, 3.8) is 0 Å². The van der Waals surface area contributed by atoms with E-state index in [4.69, 9.17) is 17.0 Å². The first-order chi connectivity index (χ1) is 11.1. The third-order valence-electron chi connectivity index (χ3n) is 3.52. The molecule has 0 unspecified atom stereocenters. The molecule has 1 N–H and O–H groups in total. The molecule has 1 amide bonds. The van der Waals surface area contributed by atoms with Gasteiger partial charge in [-0.2, -0.15) is 0 Å². The number of nitrogens with one attached hydrogen (secondary N) is 1. The van der Waals surface area contributed by atoms with Crippen molar-refractivity contribution >= 4 is 29.3 Å². The molecule has 1 aliphatic heterocycles. The molecule has 4 nitrogen and oxygen atoms in total. The van der Waals surface area contributed by atoms with Crippen molar-refractivity contribution in [2.75, 3.05) is 7.05 Å². The molecule has 1 aliphatic rings. The summed E-state index contributed by atoms with van der Waals surface area (Å²) in [5, 5.41) is 3.32. The fourth-order valence-electron chi connectivity index (χ4n) is 2.19. The zero-order valence-corrected chi connectivity index (χ0v) is 13.5. The standard InChI is InChI=1S/C18H16N2O2S/c1-20-17(21)16(19-18(20)23)11-13-7-9-15(10-8-13)22-12-14-5-3-2-4-6-14/h2-11H,12H2,1H3,(H,19,23)/b16-11-. The Labute approximate surface area is 140 Å². The number of benzene rings is 2. The third kappa shape index (κ3) is 3.57. The number of thiocarbonyl (C=S) groups is 1. The Balaban J connectivity index is 1.66. The van der Waals surface area contributed by atoms with Gasteiger partial charge in [-0.25, -0.2) is 0 Å². The van der Waals surface area contributed by atoms with Crippen LogP contribution in [-0.2, 0) is 11.4 Å². The minimum Gasteiger partial charge on any atom is -0.489 e. The average molecular weight is 324 g/mol. The zero-order chi connectivity index (χ0) is 16.2. The van der Waals surface area contributed by atoms with Gasteiger partial charge in [-0.15, -0.1) is 0 Å². The molecule has 2 aromatic rings. The summed E-state index contributed by atoms with van der Waals surface area (Å²) < 4.78 is 5.74. The van der Waals surface area contributed by atoms with E-state index in [0.29, 0.717) is 17.4 Å². The van der Waals surface area contributed by atoms with E-state index in [-0.39, 0.29) is 5.91 Å². The van der Waals surface area contributed by atoms with E-state index in [2.05, 4.69) is 5.32 Å². The fourth-order valence-corrected chi connectivity index (χ4v) is 2.38. The van der Waals surface area contributed by atoms with Gasteiger partial charge in [0.05, 0.1) is 0 Å². The van der Waals surface area contributed by atoms with Gasteiger partial charge < -0.3 is 10.1 Å². The lowest BCUT2D eigenvalue weighted by molar-refractivity contribution is -0.121. The van der Waals surface area contributed by atoms with Gasteiger partial charge in [-0.1, -0.05) is 42.5 Å². The second kappa shape index (κ2) is 6.62. The summed E-state index contributed by atoms with van der Waals surface area (Å²) in [7, 11) is 1.65. The highest BCUT2D eigenvalue weighted by Crippen LogP contribution is 2.17. The third-order valence-corrected chi connectivity index (χ3v) is 3.90. The van der Waals surface area contributed by atoms with Gasteiger partial charge >= 0.3 is 0 Å². The summed E-state index contributed by atoms with van der Waals surface area (Å²) in [4.78, 5) is 13.3. The quantitative estimate of drug-likeness (QED) is 0.693. The SMILES string of the molecule is CN1C(=O)/C(=C/c2ccc(OCc3ccccc3)cc2)NC1=S. The lowest BCUT2D eigenvalue weighted by atomic mass is 10.2. The van der Waals surface area contributed by atoms with E-state index >= 15 is 0 Å². The highest BCUT2D eigenvalue weighted by Gasteiger charge is 2.26. The molecule has 3 rings (SSSR count). The van der Waals surface area contributed by atoms with Crippen LogP contribution in [0.1, 0.15) is 11.1 Å². The normalized spacial score (nSPS) is 15.9. The molecule has 0 atom stereocenters. The fraction of sp³-hybridized carbons (Fsp3) is 0.111. The van der Waals surface area contributed by atoms with E-state index < -0.39 is 0 Å². The molecule has 1 fully saturated rings. The van der Waals surface area contributed by atoms with Crippen LogP contribution in [0.25, 0.3) is 6.08 Å². The highest BCUT2D eigenvalue weighted by atomic mass is 32.1. The first-order valence-electron chi connectivity index (χ1n) is 7.21. The lowest BCUT2D eigenvalue weighted by Crippen LogP contribution is -2.25. The minimum atomic E-state index is -0.126. The molecule has 0 saturated carbocycles. The van der Waals surface area contributed by atoms with Crippen LogP contribution in [0.15, 0.2) is 60.3 Å². The van der Waals surface area contributed by atoms with Crippen molar-refractivity contribution < 1.29 is 9.53 Å². The van der Waals surface area contributed by atoms with Crippen molar-refractivity contribution in [3.05, 3.63) is 71.4 Å². The Morgan fingerprint density at radius 2 is 1.83 bits per heavy atom. The van der Waals surface area contributed by atoms with E-state index in [0.717, 1.165) is 16.9 Å². The number of ether oxygens (including phenoxy) is 1. The summed E-state index contributed by atoms with van der Waals surface area (Å²) in [5.41, 5.74) is 2.51. The molecule has 23 heavy (non-hydrogen) atoms. The number of hydrogen-bond donors (Lipinski definition) is 1. The van der Waals surface area contributed by atoms with Crippen molar-refractivity contribution in [1.82, 2.24) is 10.2 Å². The van der Waals surface area contributed by atoms with Crippen LogP contribution in [0.2, 0.25) is 0 Å². The molecule has 116 valence electrons. The molecule has 0 aromatic heterocycles. The molecule has 1 saturated heterocycles. The number of carbonyl (C=O) groups excluding carboxylic acids is 1. The Kier molecular flexibility index (Phi) is 4.39. The smallest absolute Gasteiger partial charge is 0.276 e. The monoisotopic (exact) mass is 324 g/mol. The molecule has 5 heteroatoms. The second-order valence-electron chi connectivity index (χ2n) is 5.20. The van der Waals surface area contributed by atoms with Gasteiger partial charge in [0, 0.05) is 7.05 Å². The molecule has 0 bridgehead atoms. The Hall–Kier alpha value is -2.66. The van der Waals surface area contributed by atoms with Gasteiger partial charge in [0.1, 0.15) is 18.1 Å². The molecule has 0 radical (unpaired) electrons. The van der Waals surface area contributed by atoms with Crippen LogP contribution in [0.5, 0.6) is 5.75 Å². The summed E-state index contributed by atoms with van der Waals surface area (Å²) in [6, 6.07) is 17.6. The zero-order valence-electron chi connectivity index (χ0n) is 12.7. The first kappa shape index (κ1) is 15.2. The second-order valence-corrected chi connectivity index (χ2v) is 5.58. The van der Waals surface area contributed by atoms with Crippen molar-refractivity contribution in [2.45, 2.75) is 6.61 Å². The minimum absolute atomic E-state index is 0.126. The van der Waals surface area contributed by atoms with Crippen LogP contribution in [0.4, 0.5) is 0 Å². The van der Waals surface area contributed by atoms with E-state index in [1.807, 2.05) is 54.6 Å². The average Bonchev–Trinajstić information content (AvgIpc) is 2.82. The molecule has 2 aromatic carbocycles. The largest absolute Gasteiger partial charge is 0.489 e. The summed E-state index contributed by atoms with van der Waals surface area (Å²) in [5.74, 6) is 0.661. The summed E-state index contributed by atoms with van der Waals surface area (Å²) in [6.45, 7) is 0.528. The lowest BCUT2D eigenvalue weighted by Gasteiger charge is -2.06. The van der Waals surface area contributed by atoms with Gasteiger partial charge in [0.25, 0.3) is 5.91 Å². The maximum Gasteiger partial charge on any atom is 0.276 e. The number of nitrogens with zero attached hydrogens (tertiary/aromatic N) is 1. The van der Waals surface area contributed by atoms with E-state index in [1.54, 1.807) is 13.1 Å². The van der Waals surface area contributed by atoms with Gasteiger partial charge in [-0.3, -0.25) is 9.69 Å². The number of likely N-dealkylation sites (N-methyl/N-ethyl adjacent to an activating group) is 1. The predicted molar refractivity (Wildman–Crippen MR) is 93.7 cm³/mol. The molecular weight excluding hydrogens is 308 g/mol. The summed E-state index contributed by atoms with van der Waals surface area (Å²) in [6.07, 6.45) is 1.78. The van der Waals surface area contributed by atoms with Crippen molar-refractivity contribution in [3.8, 4) is 5.75 Å². The number of carbonyl (C=O) groups is 1. The maximum absolute atomic E-state index is 11.9. The Morgan fingerprint density at radius 3 is 2.43 bits per heavy atom. The van der Waals surface area contributed by atoms with Gasteiger partial charge in [0.15, 0.2) is 5.11 Å². The number of rotatable bonds is 4.